The summed E-state index contributed by atoms with van der Waals surface area (Å²) in [6.45, 7) is 6.24. The molecule has 3 nitrogen and oxygen atoms in total. The van der Waals surface area contributed by atoms with Gasteiger partial charge in [-0.15, -0.1) is 0 Å². The number of hydrogen-bond donors (Lipinski definition) is 2. The molecule has 126 valence electrons. The lowest BCUT2D eigenvalue weighted by molar-refractivity contribution is 0.832. The molecule has 4 heteroatoms. The fourth-order valence-electron chi connectivity index (χ4n) is 3.22. The molecule has 0 amide bonds. The number of amidine groups is 1. The van der Waals surface area contributed by atoms with E-state index in [2.05, 4.69) is 66.4 Å². The van der Waals surface area contributed by atoms with Crippen molar-refractivity contribution in [2.75, 3.05) is 24.1 Å². The fourth-order valence-corrected chi connectivity index (χ4v) is 3.59. The summed E-state index contributed by atoms with van der Waals surface area (Å²) in [5.41, 5.74) is 6.58. The van der Waals surface area contributed by atoms with E-state index < -0.39 is 0 Å². The number of anilines is 1. The van der Waals surface area contributed by atoms with E-state index in [9.17, 15) is 0 Å². The second-order valence-electron chi connectivity index (χ2n) is 6.24. The van der Waals surface area contributed by atoms with Crippen molar-refractivity contribution in [2.45, 2.75) is 26.2 Å². The minimum Gasteiger partial charge on any atom is -0.371 e. The second kappa shape index (κ2) is 7.75. The largest absolute Gasteiger partial charge is 0.371 e. The summed E-state index contributed by atoms with van der Waals surface area (Å²) >= 11 is 1.62. The van der Waals surface area contributed by atoms with Gasteiger partial charge in [-0.1, -0.05) is 42.3 Å². The minimum absolute atomic E-state index is 0.298. The van der Waals surface area contributed by atoms with Crippen LogP contribution in [0.5, 0.6) is 0 Å². The summed E-state index contributed by atoms with van der Waals surface area (Å²) in [7, 11) is 0. The van der Waals surface area contributed by atoms with Crippen molar-refractivity contribution in [3.8, 4) is 0 Å². The summed E-state index contributed by atoms with van der Waals surface area (Å²) in [6, 6.07) is 15.3. The summed E-state index contributed by atoms with van der Waals surface area (Å²) in [4.78, 5) is 4.72. The summed E-state index contributed by atoms with van der Waals surface area (Å²) < 4.78 is 3.27. The first-order valence-corrected chi connectivity index (χ1v) is 9.64. The molecule has 24 heavy (non-hydrogen) atoms. The molecule has 0 radical (unpaired) electrons. The molecule has 2 aromatic rings. The van der Waals surface area contributed by atoms with Crippen LogP contribution in [0.1, 0.15) is 28.2 Å². The van der Waals surface area contributed by atoms with Gasteiger partial charge in [0.25, 0.3) is 0 Å². The molecule has 2 aromatic carbocycles. The van der Waals surface area contributed by atoms with Gasteiger partial charge in [-0.2, -0.15) is 0 Å². The van der Waals surface area contributed by atoms with Gasteiger partial charge >= 0.3 is 0 Å². The third kappa shape index (κ3) is 3.75. The molecular weight excluding hydrogens is 314 g/mol. The van der Waals surface area contributed by atoms with Crippen LogP contribution >= 0.6 is 11.9 Å². The predicted molar refractivity (Wildman–Crippen MR) is 106 cm³/mol. The highest BCUT2D eigenvalue weighted by Crippen LogP contribution is 2.28. The lowest BCUT2D eigenvalue weighted by Crippen LogP contribution is -2.27. The molecule has 1 unspecified atom stereocenters. The van der Waals surface area contributed by atoms with E-state index in [0.29, 0.717) is 5.92 Å². The number of rotatable bonds is 6. The summed E-state index contributed by atoms with van der Waals surface area (Å²) in [5.74, 6) is 1.43. The monoisotopic (exact) mass is 339 g/mol. The molecule has 1 heterocycles. The van der Waals surface area contributed by atoms with Gasteiger partial charge in [0.15, 0.2) is 0 Å². The maximum absolute atomic E-state index is 4.72. The number of benzene rings is 2. The van der Waals surface area contributed by atoms with E-state index in [4.69, 9.17) is 4.99 Å². The zero-order chi connectivity index (χ0) is 16.9. The van der Waals surface area contributed by atoms with E-state index in [1.807, 2.05) is 6.26 Å². The van der Waals surface area contributed by atoms with Crippen LogP contribution < -0.4 is 10.0 Å². The van der Waals surface area contributed by atoms with Crippen molar-refractivity contribution < 1.29 is 0 Å². The van der Waals surface area contributed by atoms with Gasteiger partial charge < -0.3 is 10.0 Å². The number of aliphatic imine (C=N–C) groups is 1. The number of aryl methyl sites for hydroxylation is 1. The average Bonchev–Trinajstić information content (AvgIpc) is 3.12. The van der Waals surface area contributed by atoms with Crippen molar-refractivity contribution >= 4 is 23.5 Å². The normalized spacial score (nSPS) is 14.9. The Labute approximate surface area is 149 Å². The maximum atomic E-state index is 4.72. The highest BCUT2D eigenvalue weighted by atomic mass is 32.2. The molecule has 1 aliphatic rings. The Kier molecular flexibility index (Phi) is 5.46. The number of nitrogens with zero attached hydrogens (tertiary/aromatic N) is 1. The third-order valence-electron chi connectivity index (χ3n) is 4.67. The molecule has 0 bridgehead atoms. The van der Waals surface area contributed by atoms with Gasteiger partial charge in [-0.05, 0) is 54.7 Å². The number of nitrogens with one attached hydrogen (secondary N) is 2. The fraction of sp³-hybridized carbons (Fsp3) is 0.350. The molecule has 1 atom stereocenters. The zero-order valence-electron chi connectivity index (χ0n) is 14.6. The van der Waals surface area contributed by atoms with Crippen molar-refractivity contribution in [3.05, 3.63) is 64.7 Å². The first-order chi connectivity index (χ1) is 11.7. The Morgan fingerprint density at radius 2 is 1.96 bits per heavy atom. The Morgan fingerprint density at radius 3 is 2.62 bits per heavy atom. The van der Waals surface area contributed by atoms with Crippen LogP contribution in [0.25, 0.3) is 0 Å². The van der Waals surface area contributed by atoms with Gasteiger partial charge in [0, 0.05) is 24.4 Å². The standard InChI is InChI=1S/C20H25N3S/c1-14-5-4-6-18(15(14)2)19(20-21-11-12-22-20)13-16-7-9-17(10-8-16)23-24-3/h4-10,19,23H,11-13H2,1-3H3,(H,21,22). The van der Waals surface area contributed by atoms with E-state index in [0.717, 1.165) is 31.0 Å². The molecule has 0 aromatic heterocycles. The van der Waals surface area contributed by atoms with E-state index in [-0.39, 0.29) is 0 Å². The van der Waals surface area contributed by atoms with Gasteiger partial charge in [-0.3, -0.25) is 4.99 Å². The van der Waals surface area contributed by atoms with Gasteiger partial charge in [0.1, 0.15) is 5.84 Å². The third-order valence-corrected chi connectivity index (χ3v) is 5.11. The van der Waals surface area contributed by atoms with Crippen molar-refractivity contribution in [3.63, 3.8) is 0 Å². The van der Waals surface area contributed by atoms with E-state index in [1.54, 1.807) is 11.9 Å². The van der Waals surface area contributed by atoms with Crippen LogP contribution in [0.3, 0.4) is 0 Å². The molecule has 0 fully saturated rings. The molecule has 1 aliphatic heterocycles. The average molecular weight is 340 g/mol. The zero-order valence-corrected chi connectivity index (χ0v) is 15.4. The lowest BCUT2D eigenvalue weighted by Gasteiger charge is -2.21. The maximum Gasteiger partial charge on any atom is 0.104 e. The van der Waals surface area contributed by atoms with Gasteiger partial charge in [-0.25, -0.2) is 0 Å². The van der Waals surface area contributed by atoms with Crippen molar-refractivity contribution in [1.29, 1.82) is 0 Å². The first-order valence-electron chi connectivity index (χ1n) is 8.41. The van der Waals surface area contributed by atoms with E-state index in [1.165, 1.54) is 22.3 Å². The summed E-state index contributed by atoms with van der Waals surface area (Å²) in [6.07, 6.45) is 3.00. The molecule has 2 N–H and O–H groups in total. The second-order valence-corrected chi connectivity index (χ2v) is 6.86. The smallest absolute Gasteiger partial charge is 0.104 e. The Balaban J connectivity index is 1.89. The SMILES string of the molecule is CSNc1ccc(CC(C2=NCCN2)c2cccc(C)c2C)cc1. The van der Waals surface area contributed by atoms with Crippen LogP contribution in [-0.4, -0.2) is 25.2 Å². The molecular formula is C20H25N3S. The van der Waals surface area contributed by atoms with Crippen LogP contribution in [0, 0.1) is 13.8 Å². The molecule has 0 saturated carbocycles. The van der Waals surface area contributed by atoms with Crippen LogP contribution in [0.2, 0.25) is 0 Å². The Hall–Kier alpha value is -1.94. The van der Waals surface area contributed by atoms with E-state index >= 15 is 0 Å². The summed E-state index contributed by atoms with van der Waals surface area (Å²) in [5, 5.41) is 3.49. The first kappa shape index (κ1) is 16.9. The quantitative estimate of drug-likeness (QED) is 0.770. The van der Waals surface area contributed by atoms with Crippen molar-refractivity contribution in [1.82, 2.24) is 5.32 Å². The van der Waals surface area contributed by atoms with Crippen LogP contribution in [0.15, 0.2) is 47.5 Å². The predicted octanol–water partition coefficient (Wildman–Crippen LogP) is 4.32. The van der Waals surface area contributed by atoms with Gasteiger partial charge in [0.05, 0.1) is 6.54 Å². The molecule has 0 aliphatic carbocycles. The highest BCUT2D eigenvalue weighted by molar-refractivity contribution is 7.99. The number of hydrogen-bond acceptors (Lipinski definition) is 4. The molecule has 3 rings (SSSR count). The molecule has 0 saturated heterocycles. The lowest BCUT2D eigenvalue weighted by atomic mass is 9.86. The van der Waals surface area contributed by atoms with Crippen LogP contribution in [0.4, 0.5) is 5.69 Å². The Bertz CT molecular complexity index is 722. The van der Waals surface area contributed by atoms with Crippen molar-refractivity contribution in [2.24, 2.45) is 4.99 Å². The minimum atomic E-state index is 0.298. The molecule has 0 spiro atoms. The topological polar surface area (TPSA) is 36.4 Å². The van der Waals surface area contributed by atoms with Crippen LogP contribution in [-0.2, 0) is 6.42 Å². The highest BCUT2D eigenvalue weighted by Gasteiger charge is 2.23. The van der Waals surface area contributed by atoms with Gasteiger partial charge in [0.2, 0.25) is 0 Å². The Morgan fingerprint density at radius 1 is 1.17 bits per heavy atom.